The van der Waals surface area contributed by atoms with E-state index in [2.05, 4.69) is 31.0 Å². The van der Waals surface area contributed by atoms with Crippen molar-refractivity contribution in [2.45, 2.75) is 33.1 Å². The Morgan fingerprint density at radius 1 is 1.55 bits per heavy atom. The molecule has 3 heteroatoms. The molecule has 0 atom stereocenters. The van der Waals surface area contributed by atoms with Crippen LogP contribution in [0.1, 0.15) is 37.9 Å². The molecule has 0 saturated carbocycles. The standard InChI is InChI=1S/C8H15N3/c1-4-6-7(5(2)3)10-11-8(6)9/h5H,4H2,1-3H3,(H3,9,10,11). The largest absolute Gasteiger partial charge is 0.382 e. The molecule has 0 spiro atoms. The average molecular weight is 153 g/mol. The van der Waals surface area contributed by atoms with Gasteiger partial charge < -0.3 is 5.73 Å². The number of nitrogen functional groups attached to an aromatic ring is 1. The summed E-state index contributed by atoms with van der Waals surface area (Å²) in [4.78, 5) is 0. The molecule has 1 heterocycles. The number of hydrogen-bond acceptors (Lipinski definition) is 2. The number of aromatic nitrogens is 2. The van der Waals surface area contributed by atoms with E-state index in [9.17, 15) is 0 Å². The van der Waals surface area contributed by atoms with E-state index in [1.807, 2.05) is 0 Å². The van der Waals surface area contributed by atoms with Gasteiger partial charge in [-0.3, -0.25) is 5.10 Å². The maximum absolute atomic E-state index is 5.65. The van der Waals surface area contributed by atoms with E-state index in [-0.39, 0.29) is 0 Å². The molecular formula is C8H15N3. The fourth-order valence-corrected chi connectivity index (χ4v) is 1.24. The zero-order valence-electron chi connectivity index (χ0n) is 7.31. The second-order valence-corrected chi connectivity index (χ2v) is 3.01. The van der Waals surface area contributed by atoms with Gasteiger partial charge in [-0.2, -0.15) is 5.10 Å². The number of rotatable bonds is 2. The van der Waals surface area contributed by atoms with Gasteiger partial charge in [0.25, 0.3) is 0 Å². The SMILES string of the molecule is CCc1c(N)n[nH]c1C(C)C. The Kier molecular flexibility index (Phi) is 2.17. The molecule has 3 N–H and O–H groups in total. The Balaban J connectivity index is 3.05. The molecule has 0 aromatic carbocycles. The zero-order valence-corrected chi connectivity index (χ0v) is 7.31. The minimum absolute atomic E-state index is 0.481. The van der Waals surface area contributed by atoms with E-state index in [1.165, 1.54) is 11.3 Å². The van der Waals surface area contributed by atoms with Crippen LogP contribution < -0.4 is 5.73 Å². The van der Waals surface area contributed by atoms with Gasteiger partial charge in [0.15, 0.2) is 0 Å². The van der Waals surface area contributed by atoms with E-state index >= 15 is 0 Å². The second-order valence-electron chi connectivity index (χ2n) is 3.01. The minimum atomic E-state index is 0.481. The predicted octanol–water partition coefficient (Wildman–Crippen LogP) is 1.68. The summed E-state index contributed by atoms with van der Waals surface area (Å²) in [7, 11) is 0. The molecule has 1 rings (SSSR count). The fourth-order valence-electron chi connectivity index (χ4n) is 1.24. The van der Waals surface area contributed by atoms with Crippen LogP contribution in [0.25, 0.3) is 0 Å². The van der Waals surface area contributed by atoms with Crippen LogP contribution in [0.4, 0.5) is 5.82 Å². The first-order valence-electron chi connectivity index (χ1n) is 3.99. The lowest BCUT2D eigenvalue weighted by molar-refractivity contribution is 0.797. The predicted molar refractivity (Wildman–Crippen MR) is 46.5 cm³/mol. The summed E-state index contributed by atoms with van der Waals surface area (Å²) < 4.78 is 0. The molecule has 1 aromatic rings. The van der Waals surface area contributed by atoms with E-state index in [0.717, 1.165) is 6.42 Å². The molecular weight excluding hydrogens is 138 g/mol. The minimum Gasteiger partial charge on any atom is -0.382 e. The van der Waals surface area contributed by atoms with Crippen LogP contribution >= 0.6 is 0 Å². The highest BCUT2D eigenvalue weighted by molar-refractivity contribution is 5.42. The highest BCUT2D eigenvalue weighted by Gasteiger charge is 2.10. The van der Waals surface area contributed by atoms with Gasteiger partial charge in [-0.05, 0) is 12.3 Å². The monoisotopic (exact) mass is 153 g/mol. The van der Waals surface area contributed by atoms with E-state index in [4.69, 9.17) is 5.73 Å². The Morgan fingerprint density at radius 2 is 2.18 bits per heavy atom. The van der Waals surface area contributed by atoms with Crippen LogP contribution in [0.2, 0.25) is 0 Å². The van der Waals surface area contributed by atoms with E-state index < -0.39 is 0 Å². The average Bonchev–Trinajstić information content (AvgIpc) is 2.30. The Labute approximate surface area is 67.0 Å². The van der Waals surface area contributed by atoms with Crippen molar-refractivity contribution in [3.63, 3.8) is 0 Å². The van der Waals surface area contributed by atoms with Gasteiger partial charge in [0, 0.05) is 11.3 Å². The Hall–Kier alpha value is -0.990. The van der Waals surface area contributed by atoms with Gasteiger partial charge in [-0.15, -0.1) is 0 Å². The quantitative estimate of drug-likeness (QED) is 0.679. The smallest absolute Gasteiger partial charge is 0.148 e. The molecule has 0 unspecified atom stereocenters. The van der Waals surface area contributed by atoms with Gasteiger partial charge in [0.1, 0.15) is 5.82 Å². The number of nitrogens with zero attached hydrogens (tertiary/aromatic N) is 1. The summed E-state index contributed by atoms with van der Waals surface area (Å²) in [6.07, 6.45) is 0.954. The van der Waals surface area contributed by atoms with Crippen molar-refractivity contribution in [1.82, 2.24) is 10.2 Å². The summed E-state index contributed by atoms with van der Waals surface area (Å²) >= 11 is 0. The number of nitrogens with one attached hydrogen (secondary N) is 1. The molecule has 0 aliphatic carbocycles. The normalized spacial score (nSPS) is 10.9. The highest BCUT2D eigenvalue weighted by atomic mass is 15.2. The molecule has 0 fully saturated rings. The number of anilines is 1. The Bertz CT molecular complexity index is 237. The van der Waals surface area contributed by atoms with Crippen molar-refractivity contribution >= 4 is 5.82 Å². The number of hydrogen-bond donors (Lipinski definition) is 2. The lowest BCUT2D eigenvalue weighted by Gasteiger charge is -2.03. The maximum atomic E-state index is 5.65. The van der Waals surface area contributed by atoms with Gasteiger partial charge in [0.05, 0.1) is 0 Å². The van der Waals surface area contributed by atoms with Gasteiger partial charge >= 0.3 is 0 Å². The van der Waals surface area contributed by atoms with E-state index in [0.29, 0.717) is 11.7 Å². The maximum Gasteiger partial charge on any atom is 0.148 e. The molecule has 0 aliphatic rings. The summed E-state index contributed by atoms with van der Waals surface area (Å²) in [5, 5.41) is 6.91. The lowest BCUT2D eigenvalue weighted by Crippen LogP contribution is -1.95. The number of nitrogens with two attached hydrogens (primary N) is 1. The summed E-state index contributed by atoms with van der Waals surface area (Å²) in [5.74, 6) is 1.13. The fraction of sp³-hybridized carbons (Fsp3) is 0.625. The van der Waals surface area contributed by atoms with Gasteiger partial charge in [-0.1, -0.05) is 20.8 Å². The second kappa shape index (κ2) is 2.95. The topological polar surface area (TPSA) is 54.7 Å². The zero-order chi connectivity index (χ0) is 8.43. The van der Waals surface area contributed by atoms with Crippen molar-refractivity contribution in [1.29, 1.82) is 0 Å². The summed E-state index contributed by atoms with van der Waals surface area (Å²) in [5.41, 5.74) is 7.99. The first-order valence-corrected chi connectivity index (χ1v) is 3.99. The van der Waals surface area contributed by atoms with Crippen LogP contribution in [-0.4, -0.2) is 10.2 Å². The molecule has 0 radical (unpaired) electrons. The molecule has 11 heavy (non-hydrogen) atoms. The van der Waals surface area contributed by atoms with E-state index in [1.54, 1.807) is 0 Å². The third-order valence-electron chi connectivity index (χ3n) is 1.86. The molecule has 0 bridgehead atoms. The third-order valence-corrected chi connectivity index (χ3v) is 1.86. The first-order chi connectivity index (χ1) is 5.16. The van der Waals surface area contributed by atoms with Crippen LogP contribution in [0.15, 0.2) is 0 Å². The molecule has 62 valence electrons. The third kappa shape index (κ3) is 1.37. The van der Waals surface area contributed by atoms with Crippen molar-refractivity contribution in [2.24, 2.45) is 0 Å². The van der Waals surface area contributed by atoms with Crippen molar-refractivity contribution < 1.29 is 0 Å². The van der Waals surface area contributed by atoms with Crippen molar-refractivity contribution in [2.75, 3.05) is 5.73 Å². The lowest BCUT2D eigenvalue weighted by atomic mass is 10.0. The van der Waals surface area contributed by atoms with Crippen LogP contribution in [0.3, 0.4) is 0 Å². The highest BCUT2D eigenvalue weighted by Crippen LogP contribution is 2.21. The van der Waals surface area contributed by atoms with Crippen LogP contribution in [-0.2, 0) is 6.42 Å². The molecule has 1 aromatic heterocycles. The molecule has 3 nitrogen and oxygen atoms in total. The van der Waals surface area contributed by atoms with Crippen LogP contribution in [0.5, 0.6) is 0 Å². The van der Waals surface area contributed by atoms with Crippen molar-refractivity contribution in [3.05, 3.63) is 11.3 Å². The Morgan fingerprint density at radius 3 is 2.55 bits per heavy atom. The van der Waals surface area contributed by atoms with Crippen molar-refractivity contribution in [3.8, 4) is 0 Å². The number of aromatic amines is 1. The van der Waals surface area contributed by atoms with Gasteiger partial charge in [0.2, 0.25) is 0 Å². The summed E-state index contributed by atoms with van der Waals surface area (Å²) in [6.45, 7) is 6.35. The van der Waals surface area contributed by atoms with Crippen LogP contribution in [0, 0.1) is 0 Å². The molecule has 0 amide bonds. The number of H-pyrrole nitrogens is 1. The first kappa shape index (κ1) is 8.11. The summed E-state index contributed by atoms with van der Waals surface area (Å²) in [6, 6.07) is 0. The molecule has 0 saturated heterocycles. The van der Waals surface area contributed by atoms with Gasteiger partial charge in [-0.25, -0.2) is 0 Å². The molecule has 0 aliphatic heterocycles.